The van der Waals surface area contributed by atoms with E-state index in [-0.39, 0.29) is 0 Å². The van der Waals surface area contributed by atoms with Gasteiger partial charge in [0.15, 0.2) is 0 Å². The molecule has 0 radical (unpaired) electrons. The minimum Gasteiger partial charge on any atom is -0.501 e. The summed E-state index contributed by atoms with van der Waals surface area (Å²) in [6.45, 7) is 4.42. The third-order valence-electron chi connectivity index (χ3n) is 2.72. The second kappa shape index (κ2) is 6.49. The summed E-state index contributed by atoms with van der Waals surface area (Å²) in [7, 11) is 1.80. The van der Waals surface area contributed by atoms with Crippen LogP contribution in [0.2, 0.25) is 0 Å². The topological polar surface area (TPSA) is 9.23 Å². The van der Waals surface area contributed by atoms with Crippen LogP contribution < -0.4 is 0 Å². The van der Waals surface area contributed by atoms with Crippen LogP contribution in [0.3, 0.4) is 0 Å². The summed E-state index contributed by atoms with van der Waals surface area (Å²) in [6, 6.07) is 0. The molecule has 0 aromatic rings. The van der Waals surface area contributed by atoms with Crippen LogP contribution in [0.4, 0.5) is 0 Å². The quantitative estimate of drug-likeness (QED) is 0.586. The molecule has 0 aromatic heterocycles. The molecule has 0 unspecified atom stereocenters. The Morgan fingerprint density at radius 3 is 2.47 bits per heavy atom. The van der Waals surface area contributed by atoms with Gasteiger partial charge >= 0.3 is 0 Å². The molecule has 0 atom stereocenters. The third-order valence-corrected chi connectivity index (χ3v) is 2.72. The molecule has 0 heterocycles. The van der Waals surface area contributed by atoms with E-state index in [0.29, 0.717) is 0 Å². The number of methoxy groups -OCH3 is 1. The van der Waals surface area contributed by atoms with E-state index in [9.17, 15) is 0 Å². The molecule has 84 valence electrons. The van der Waals surface area contributed by atoms with E-state index in [4.69, 9.17) is 4.74 Å². The predicted octanol–water partition coefficient (Wildman–Crippen LogP) is 4.37. The second-order valence-electron chi connectivity index (χ2n) is 3.93. The Kier molecular flexibility index (Phi) is 5.23. The number of rotatable bonds is 6. The van der Waals surface area contributed by atoms with Crippen molar-refractivity contribution in [2.75, 3.05) is 7.11 Å². The molecule has 1 aliphatic rings. The van der Waals surface area contributed by atoms with Gasteiger partial charge < -0.3 is 4.74 Å². The minimum atomic E-state index is 1.06. The molecule has 1 heteroatoms. The maximum atomic E-state index is 5.53. The molecule has 1 rings (SSSR count). The standard InChI is InChI=1S/C14H22O/c1-4-8-13(12-10-6-7-11-12)14(15-3)9-5-2/h6-7,10H,4-5,8-9,11H2,1-3H3. The average Bonchev–Trinajstić information content (AvgIpc) is 2.76. The molecular weight excluding hydrogens is 184 g/mol. The predicted molar refractivity (Wildman–Crippen MR) is 65.7 cm³/mol. The molecule has 15 heavy (non-hydrogen) atoms. The first-order valence-corrected chi connectivity index (χ1v) is 5.95. The fraction of sp³-hybridized carbons (Fsp3) is 0.571. The van der Waals surface area contributed by atoms with Gasteiger partial charge in [-0.05, 0) is 30.4 Å². The van der Waals surface area contributed by atoms with Crippen LogP contribution in [0.15, 0.2) is 35.1 Å². The van der Waals surface area contributed by atoms with Crippen LogP contribution >= 0.6 is 0 Å². The van der Waals surface area contributed by atoms with E-state index in [2.05, 4.69) is 32.1 Å². The lowest BCUT2D eigenvalue weighted by Gasteiger charge is -2.14. The van der Waals surface area contributed by atoms with Gasteiger partial charge in [0.25, 0.3) is 0 Å². The van der Waals surface area contributed by atoms with E-state index in [1.165, 1.54) is 23.3 Å². The van der Waals surface area contributed by atoms with Crippen molar-refractivity contribution in [2.45, 2.75) is 46.0 Å². The monoisotopic (exact) mass is 206 g/mol. The average molecular weight is 206 g/mol. The Labute approximate surface area is 93.5 Å². The smallest absolute Gasteiger partial charge is 0.0990 e. The first-order chi connectivity index (χ1) is 7.33. The summed E-state index contributed by atoms with van der Waals surface area (Å²) in [6.07, 6.45) is 12.2. The van der Waals surface area contributed by atoms with Gasteiger partial charge in [-0.3, -0.25) is 0 Å². The lowest BCUT2D eigenvalue weighted by molar-refractivity contribution is 0.270. The SMILES string of the molecule is CCCC(OC)=C(CCC)C1=CC=CC1. The van der Waals surface area contributed by atoms with Crippen molar-refractivity contribution in [2.24, 2.45) is 0 Å². The maximum absolute atomic E-state index is 5.53. The van der Waals surface area contributed by atoms with Crippen LogP contribution in [0, 0.1) is 0 Å². The fourth-order valence-electron chi connectivity index (χ4n) is 2.00. The van der Waals surface area contributed by atoms with Crippen LogP contribution in [-0.4, -0.2) is 7.11 Å². The van der Waals surface area contributed by atoms with Gasteiger partial charge in [-0.2, -0.15) is 0 Å². The highest BCUT2D eigenvalue weighted by molar-refractivity contribution is 5.41. The Balaban J connectivity index is 2.86. The van der Waals surface area contributed by atoms with E-state index in [0.717, 1.165) is 25.7 Å². The van der Waals surface area contributed by atoms with E-state index in [1.54, 1.807) is 7.11 Å². The van der Waals surface area contributed by atoms with Gasteiger partial charge in [-0.1, -0.05) is 38.5 Å². The summed E-state index contributed by atoms with van der Waals surface area (Å²) < 4.78 is 5.53. The highest BCUT2D eigenvalue weighted by Crippen LogP contribution is 2.28. The van der Waals surface area contributed by atoms with Crippen LogP contribution in [-0.2, 0) is 4.74 Å². The van der Waals surface area contributed by atoms with Gasteiger partial charge in [0, 0.05) is 6.42 Å². The molecule has 0 N–H and O–H groups in total. The largest absolute Gasteiger partial charge is 0.501 e. The maximum Gasteiger partial charge on any atom is 0.0990 e. The van der Waals surface area contributed by atoms with Crippen molar-refractivity contribution in [1.29, 1.82) is 0 Å². The first kappa shape index (κ1) is 12.1. The molecule has 0 aliphatic heterocycles. The summed E-state index contributed by atoms with van der Waals surface area (Å²) in [5.41, 5.74) is 2.88. The Bertz CT molecular complexity index is 282. The summed E-state index contributed by atoms with van der Waals surface area (Å²) >= 11 is 0. The highest BCUT2D eigenvalue weighted by Gasteiger charge is 2.12. The van der Waals surface area contributed by atoms with Crippen molar-refractivity contribution in [3.05, 3.63) is 35.1 Å². The molecule has 0 saturated heterocycles. The van der Waals surface area contributed by atoms with Gasteiger partial charge in [-0.15, -0.1) is 0 Å². The molecule has 0 spiro atoms. The van der Waals surface area contributed by atoms with Crippen molar-refractivity contribution < 1.29 is 4.74 Å². The third kappa shape index (κ3) is 3.26. The molecular formula is C14H22O. The molecule has 0 fully saturated rings. The minimum absolute atomic E-state index is 1.06. The second-order valence-corrected chi connectivity index (χ2v) is 3.93. The van der Waals surface area contributed by atoms with E-state index < -0.39 is 0 Å². The lowest BCUT2D eigenvalue weighted by atomic mass is 9.97. The molecule has 0 saturated carbocycles. The zero-order valence-electron chi connectivity index (χ0n) is 10.2. The van der Waals surface area contributed by atoms with Crippen LogP contribution in [0.1, 0.15) is 46.0 Å². The molecule has 1 aliphatic carbocycles. The van der Waals surface area contributed by atoms with Crippen LogP contribution in [0.25, 0.3) is 0 Å². The normalized spacial score (nSPS) is 16.3. The number of ether oxygens (including phenoxy) is 1. The summed E-state index contributed by atoms with van der Waals surface area (Å²) in [4.78, 5) is 0. The molecule has 0 bridgehead atoms. The molecule has 0 amide bonds. The van der Waals surface area contributed by atoms with Crippen LogP contribution in [0.5, 0.6) is 0 Å². The first-order valence-electron chi connectivity index (χ1n) is 5.95. The Hall–Kier alpha value is -0.980. The zero-order chi connectivity index (χ0) is 11.1. The molecule has 0 aromatic carbocycles. The van der Waals surface area contributed by atoms with Gasteiger partial charge in [0.05, 0.1) is 12.9 Å². The number of hydrogen-bond acceptors (Lipinski definition) is 1. The number of allylic oxidation sites excluding steroid dienone is 6. The summed E-state index contributed by atoms with van der Waals surface area (Å²) in [5.74, 6) is 1.19. The Morgan fingerprint density at radius 2 is 2.00 bits per heavy atom. The highest BCUT2D eigenvalue weighted by atomic mass is 16.5. The zero-order valence-corrected chi connectivity index (χ0v) is 10.2. The van der Waals surface area contributed by atoms with Crippen molar-refractivity contribution in [3.63, 3.8) is 0 Å². The van der Waals surface area contributed by atoms with Crippen molar-refractivity contribution in [3.8, 4) is 0 Å². The fourth-order valence-corrected chi connectivity index (χ4v) is 2.00. The van der Waals surface area contributed by atoms with E-state index in [1.807, 2.05) is 0 Å². The van der Waals surface area contributed by atoms with E-state index >= 15 is 0 Å². The molecule has 1 nitrogen and oxygen atoms in total. The number of hydrogen-bond donors (Lipinski definition) is 0. The van der Waals surface area contributed by atoms with Crippen molar-refractivity contribution in [1.82, 2.24) is 0 Å². The van der Waals surface area contributed by atoms with Gasteiger partial charge in [0.1, 0.15) is 0 Å². The summed E-state index contributed by atoms with van der Waals surface area (Å²) in [5, 5.41) is 0. The Morgan fingerprint density at radius 1 is 1.27 bits per heavy atom. The lowest BCUT2D eigenvalue weighted by Crippen LogP contribution is -1.97. The van der Waals surface area contributed by atoms with Gasteiger partial charge in [0.2, 0.25) is 0 Å². The van der Waals surface area contributed by atoms with Crippen molar-refractivity contribution >= 4 is 0 Å². The van der Waals surface area contributed by atoms with Gasteiger partial charge in [-0.25, -0.2) is 0 Å².